The highest BCUT2D eigenvalue weighted by Gasteiger charge is 2.40. The lowest BCUT2D eigenvalue weighted by Gasteiger charge is -2.19. The van der Waals surface area contributed by atoms with E-state index in [-0.39, 0.29) is 18.7 Å². The lowest BCUT2D eigenvalue weighted by atomic mass is 10.1. The van der Waals surface area contributed by atoms with Crippen LogP contribution >= 0.6 is 0 Å². The van der Waals surface area contributed by atoms with E-state index < -0.39 is 12.1 Å². The maximum absolute atomic E-state index is 12.2. The van der Waals surface area contributed by atoms with Crippen LogP contribution in [0.3, 0.4) is 0 Å². The van der Waals surface area contributed by atoms with E-state index in [0.29, 0.717) is 13.0 Å². The van der Waals surface area contributed by atoms with Gasteiger partial charge in [-0.15, -0.1) is 0 Å². The van der Waals surface area contributed by atoms with Gasteiger partial charge < -0.3 is 10.1 Å². The highest BCUT2D eigenvalue weighted by Crippen LogP contribution is 2.25. The van der Waals surface area contributed by atoms with E-state index in [1.54, 1.807) is 6.92 Å². The van der Waals surface area contributed by atoms with Crippen LogP contribution in [0.2, 0.25) is 0 Å². The SMILES string of the molecule is CC1OCCC1NCC(C#N)C(F)(F)F. The topological polar surface area (TPSA) is 45.0 Å². The average Bonchev–Trinajstić information content (AvgIpc) is 2.50. The number of ether oxygens (including phenoxy) is 1. The van der Waals surface area contributed by atoms with Crippen LogP contribution in [-0.2, 0) is 4.74 Å². The Labute approximate surface area is 86.2 Å². The summed E-state index contributed by atoms with van der Waals surface area (Å²) < 4.78 is 41.8. The third kappa shape index (κ3) is 3.36. The quantitative estimate of drug-likeness (QED) is 0.786. The Balaban J connectivity index is 2.38. The Morgan fingerprint density at radius 2 is 2.27 bits per heavy atom. The van der Waals surface area contributed by atoms with Crippen LogP contribution < -0.4 is 5.32 Å². The van der Waals surface area contributed by atoms with Crippen molar-refractivity contribution in [1.82, 2.24) is 5.32 Å². The third-order valence-corrected chi connectivity index (χ3v) is 2.51. The first-order valence-corrected chi connectivity index (χ1v) is 4.76. The van der Waals surface area contributed by atoms with E-state index in [1.807, 2.05) is 0 Å². The largest absolute Gasteiger partial charge is 0.405 e. The minimum atomic E-state index is -4.45. The molecule has 3 unspecified atom stereocenters. The highest BCUT2D eigenvalue weighted by atomic mass is 19.4. The van der Waals surface area contributed by atoms with Crippen molar-refractivity contribution in [3.05, 3.63) is 0 Å². The maximum Gasteiger partial charge on any atom is 0.405 e. The summed E-state index contributed by atoms with van der Waals surface area (Å²) in [7, 11) is 0. The zero-order valence-electron chi connectivity index (χ0n) is 8.34. The van der Waals surface area contributed by atoms with E-state index in [2.05, 4.69) is 5.32 Å². The van der Waals surface area contributed by atoms with Gasteiger partial charge in [0, 0.05) is 19.2 Å². The fourth-order valence-electron chi connectivity index (χ4n) is 1.50. The first kappa shape index (κ1) is 12.3. The molecule has 1 saturated heterocycles. The molecule has 0 amide bonds. The average molecular weight is 222 g/mol. The molecule has 0 aliphatic carbocycles. The lowest BCUT2D eigenvalue weighted by Crippen LogP contribution is -2.41. The molecule has 1 N–H and O–H groups in total. The van der Waals surface area contributed by atoms with Gasteiger partial charge in [0.15, 0.2) is 5.92 Å². The monoisotopic (exact) mass is 222 g/mol. The molecule has 1 aliphatic heterocycles. The van der Waals surface area contributed by atoms with Crippen molar-refractivity contribution in [3.8, 4) is 6.07 Å². The van der Waals surface area contributed by atoms with Crippen molar-refractivity contribution >= 4 is 0 Å². The van der Waals surface area contributed by atoms with Crippen molar-refractivity contribution < 1.29 is 17.9 Å². The highest BCUT2D eigenvalue weighted by molar-refractivity contribution is 4.91. The first-order valence-electron chi connectivity index (χ1n) is 4.76. The number of nitriles is 1. The molecule has 1 fully saturated rings. The molecule has 3 nitrogen and oxygen atoms in total. The lowest BCUT2D eigenvalue weighted by molar-refractivity contribution is -0.158. The molecule has 15 heavy (non-hydrogen) atoms. The van der Waals surface area contributed by atoms with Crippen LogP contribution in [0.5, 0.6) is 0 Å². The molecule has 0 spiro atoms. The summed E-state index contributed by atoms with van der Waals surface area (Å²) in [5, 5.41) is 11.1. The summed E-state index contributed by atoms with van der Waals surface area (Å²) >= 11 is 0. The van der Waals surface area contributed by atoms with Crippen molar-refractivity contribution in [2.24, 2.45) is 5.92 Å². The summed E-state index contributed by atoms with van der Waals surface area (Å²) in [6.45, 7) is 2.00. The normalized spacial score (nSPS) is 28.7. The van der Waals surface area contributed by atoms with Gasteiger partial charge in [-0.25, -0.2) is 0 Å². The summed E-state index contributed by atoms with van der Waals surface area (Å²) in [6, 6.07) is 1.17. The maximum atomic E-state index is 12.2. The van der Waals surface area contributed by atoms with Crippen LogP contribution in [0.15, 0.2) is 0 Å². The zero-order chi connectivity index (χ0) is 11.5. The van der Waals surface area contributed by atoms with Gasteiger partial charge in [-0.3, -0.25) is 0 Å². The van der Waals surface area contributed by atoms with E-state index >= 15 is 0 Å². The Bertz CT molecular complexity index is 249. The second-order valence-electron chi connectivity index (χ2n) is 3.60. The van der Waals surface area contributed by atoms with Crippen LogP contribution in [0, 0.1) is 17.2 Å². The minimum Gasteiger partial charge on any atom is -0.377 e. The summed E-state index contributed by atoms with van der Waals surface area (Å²) in [5.74, 6) is -1.94. The second-order valence-corrected chi connectivity index (χ2v) is 3.60. The minimum absolute atomic E-state index is 0.0804. The number of nitrogens with zero attached hydrogens (tertiary/aromatic N) is 1. The number of hydrogen-bond donors (Lipinski definition) is 1. The Hall–Kier alpha value is -0.800. The van der Waals surface area contributed by atoms with Crippen molar-refractivity contribution in [3.63, 3.8) is 0 Å². The predicted octanol–water partition coefficient (Wildman–Crippen LogP) is 1.46. The molecule has 6 heteroatoms. The fraction of sp³-hybridized carbons (Fsp3) is 0.889. The molecule has 0 aromatic heterocycles. The fourth-order valence-corrected chi connectivity index (χ4v) is 1.50. The van der Waals surface area contributed by atoms with Gasteiger partial charge in [-0.1, -0.05) is 0 Å². The summed E-state index contributed by atoms with van der Waals surface area (Å²) in [5.41, 5.74) is 0. The molecule has 3 atom stereocenters. The molecule has 0 radical (unpaired) electrons. The molecular formula is C9H13F3N2O. The van der Waals surface area contributed by atoms with Crippen molar-refractivity contribution in [2.75, 3.05) is 13.2 Å². The Morgan fingerprint density at radius 1 is 1.60 bits per heavy atom. The van der Waals surface area contributed by atoms with Gasteiger partial charge in [0.25, 0.3) is 0 Å². The third-order valence-electron chi connectivity index (χ3n) is 2.51. The van der Waals surface area contributed by atoms with Crippen molar-refractivity contribution in [2.45, 2.75) is 31.7 Å². The molecule has 0 aromatic rings. The van der Waals surface area contributed by atoms with E-state index in [9.17, 15) is 13.2 Å². The van der Waals surface area contributed by atoms with E-state index in [0.717, 1.165) is 0 Å². The van der Waals surface area contributed by atoms with Crippen LogP contribution in [0.25, 0.3) is 0 Å². The Kier molecular flexibility index (Phi) is 3.94. The number of halogens is 3. The zero-order valence-corrected chi connectivity index (χ0v) is 8.34. The standard InChI is InChI=1S/C9H13F3N2O/c1-6-8(2-3-15-6)14-5-7(4-13)9(10,11)12/h6-8,14H,2-3,5H2,1H3. The molecule has 0 saturated carbocycles. The van der Waals surface area contributed by atoms with Crippen LogP contribution in [0.1, 0.15) is 13.3 Å². The molecule has 1 aliphatic rings. The second kappa shape index (κ2) is 4.81. The number of rotatable bonds is 3. The molecule has 1 heterocycles. The number of nitrogens with one attached hydrogen (secondary N) is 1. The molecule has 0 bridgehead atoms. The van der Waals surface area contributed by atoms with Gasteiger partial charge in [0.05, 0.1) is 12.2 Å². The first-order chi connectivity index (χ1) is 6.95. The summed E-state index contributed by atoms with van der Waals surface area (Å²) in [6.07, 6.45) is -3.85. The van der Waals surface area contributed by atoms with Crippen LogP contribution in [0.4, 0.5) is 13.2 Å². The van der Waals surface area contributed by atoms with Gasteiger partial charge in [-0.05, 0) is 13.3 Å². The predicted molar refractivity (Wildman–Crippen MR) is 47.0 cm³/mol. The summed E-state index contributed by atoms with van der Waals surface area (Å²) in [4.78, 5) is 0. The molecule has 0 aromatic carbocycles. The molecular weight excluding hydrogens is 209 g/mol. The van der Waals surface area contributed by atoms with Gasteiger partial charge >= 0.3 is 6.18 Å². The van der Waals surface area contributed by atoms with Crippen LogP contribution in [-0.4, -0.2) is 31.5 Å². The van der Waals surface area contributed by atoms with Gasteiger partial charge in [0.1, 0.15) is 0 Å². The van der Waals surface area contributed by atoms with E-state index in [1.165, 1.54) is 6.07 Å². The molecule has 86 valence electrons. The Morgan fingerprint density at radius 3 is 2.67 bits per heavy atom. The van der Waals surface area contributed by atoms with Gasteiger partial charge in [0.2, 0.25) is 0 Å². The van der Waals surface area contributed by atoms with Gasteiger partial charge in [-0.2, -0.15) is 18.4 Å². The van der Waals surface area contributed by atoms with Crippen molar-refractivity contribution in [1.29, 1.82) is 5.26 Å². The molecule has 1 rings (SSSR count). The van der Waals surface area contributed by atoms with E-state index in [4.69, 9.17) is 10.00 Å². The number of alkyl halides is 3. The smallest absolute Gasteiger partial charge is 0.377 e. The number of hydrogen-bond acceptors (Lipinski definition) is 3.